The molecule has 16 heteroatoms. The number of amides is 2. The number of hydroxylamine groups is 2. The van der Waals surface area contributed by atoms with Gasteiger partial charge >= 0.3 is 33.4 Å². The Morgan fingerprint density at radius 2 is 0.972 bits per heavy atom. The molecule has 0 N–H and O–H groups in total. The van der Waals surface area contributed by atoms with Gasteiger partial charge in [-0.05, 0) is 11.1 Å². The van der Waals surface area contributed by atoms with E-state index in [0.29, 0.717) is 0 Å². The van der Waals surface area contributed by atoms with Crippen LogP contribution in [0.5, 0.6) is 0 Å². The maximum Gasteiger partial charge on any atom is 0.460 e. The fourth-order valence-corrected chi connectivity index (χ4v) is 3.85. The summed E-state index contributed by atoms with van der Waals surface area (Å²) >= 11 is 0. The summed E-state index contributed by atoms with van der Waals surface area (Å²) in [6, 6.07) is 13.2. The monoisotopic (exact) mass is 547 g/mol. The standard InChI is InChI=1S/C20H10F9NO5S/c21-17(22,19(25,26)27)18(23,24)20(28,29)36(33,34)35-30-15(31)13(11-7-3-1-4-8-11)14(16(30)32)12-9-5-2-6-10-12/h1-10H. The number of carbonyl (C=O) groups excluding carboxylic acids is 2. The SMILES string of the molecule is O=C1C(c2ccccc2)=C(c2ccccc2)C(=O)N1OS(=O)(=O)C(F)(F)C(F)(F)C(F)(F)C(F)(F)F. The Hall–Kier alpha value is -3.40. The first-order valence-electron chi connectivity index (χ1n) is 9.26. The van der Waals surface area contributed by atoms with Gasteiger partial charge in [-0.25, -0.2) is 0 Å². The van der Waals surface area contributed by atoms with Crippen molar-refractivity contribution in [2.45, 2.75) is 23.3 Å². The zero-order valence-electron chi connectivity index (χ0n) is 17.1. The van der Waals surface area contributed by atoms with E-state index in [0.717, 1.165) is 0 Å². The molecule has 0 radical (unpaired) electrons. The third-order valence-corrected chi connectivity index (χ3v) is 6.00. The maximum atomic E-state index is 14.0. The molecule has 0 atom stereocenters. The summed E-state index contributed by atoms with van der Waals surface area (Å²) in [5, 5.41) is -8.20. The number of imide groups is 1. The van der Waals surface area contributed by atoms with E-state index < -0.39 is 61.4 Å². The number of hydrogen-bond donors (Lipinski definition) is 0. The molecule has 0 aliphatic carbocycles. The van der Waals surface area contributed by atoms with Crippen LogP contribution in [0.3, 0.4) is 0 Å². The first-order chi connectivity index (χ1) is 16.4. The highest BCUT2D eigenvalue weighted by Gasteiger charge is 2.86. The van der Waals surface area contributed by atoms with E-state index in [1.165, 1.54) is 60.7 Å². The van der Waals surface area contributed by atoms with E-state index in [2.05, 4.69) is 4.28 Å². The Labute approximate surface area is 195 Å². The molecule has 0 saturated carbocycles. The number of rotatable bonds is 7. The molecule has 1 aliphatic heterocycles. The van der Waals surface area contributed by atoms with Gasteiger partial charge in [0.25, 0.3) is 11.8 Å². The molecule has 0 aromatic heterocycles. The topological polar surface area (TPSA) is 80.8 Å². The smallest absolute Gasteiger partial charge is 0.266 e. The van der Waals surface area contributed by atoms with Gasteiger partial charge in [-0.3, -0.25) is 9.59 Å². The minimum Gasteiger partial charge on any atom is -0.266 e. The zero-order chi connectivity index (χ0) is 27.3. The molecule has 0 spiro atoms. The predicted octanol–water partition coefficient (Wildman–Crippen LogP) is 4.65. The number of hydrogen-bond acceptors (Lipinski definition) is 5. The highest BCUT2D eigenvalue weighted by molar-refractivity contribution is 7.87. The highest BCUT2D eigenvalue weighted by atomic mass is 32.2. The van der Waals surface area contributed by atoms with Gasteiger partial charge < -0.3 is 0 Å². The first-order valence-corrected chi connectivity index (χ1v) is 10.7. The van der Waals surface area contributed by atoms with Crippen molar-refractivity contribution in [1.82, 2.24) is 5.06 Å². The molecule has 2 aromatic carbocycles. The molecule has 1 aliphatic rings. The normalized spacial score (nSPS) is 16.2. The van der Waals surface area contributed by atoms with Crippen molar-refractivity contribution < 1.29 is 61.8 Å². The molecule has 2 aromatic rings. The Morgan fingerprint density at radius 1 is 0.611 bits per heavy atom. The number of alkyl halides is 9. The van der Waals surface area contributed by atoms with E-state index in [1.807, 2.05) is 0 Å². The first kappa shape index (κ1) is 27.2. The van der Waals surface area contributed by atoms with Crippen LogP contribution in [0.4, 0.5) is 39.5 Å². The number of nitrogens with zero attached hydrogens (tertiary/aromatic N) is 1. The molecule has 1 heterocycles. The van der Waals surface area contributed by atoms with Crippen LogP contribution < -0.4 is 0 Å². The molecular weight excluding hydrogens is 537 g/mol. The molecular formula is C20H10F9NO5S. The van der Waals surface area contributed by atoms with Gasteiger partial charge in [0.1, 0.15) is 0 Å². The van der Waals surface area contributed by atoms with Gasteiger partial charge in [0.15, 0.2) is 0 Å². The van der Waals surface area contributed by atoms with E-state index in [9.17, 15) is 57.5 Å². The van der Waals surface area contributed by atoms with Crippen molar-refractivity contribution in [2.24, 2.45) is 0 Å². The maximum absolute atomic E-state index is 14.0. The van der Waals surface area contributed by atoms with Crippen LogP contribution >= 0.6 is 0 Å². The Morgan fingerprint density at radius 3 is 1.31 bits per heavy atom. The molecule has 2 amide bonds. The summed E-state index contributed by atoms with van der Waals surface area (Å²) in [7, 11) is -7.53. The minimum atomic E-state index is -7.61. The molecule has 6 nitrogen and oxygen atoms in total. The Bertz CT molecular complexity index is 1260. The van der Waals surface area contributed by atoms with Crippen LogP contribution in [-0.4, -0.2) is 48.6 Å². The lowest BCUT2D eigenvalue weighted by Crippen LogP contribution is -2.64. The lowest BCUT2D eigenvalue weighted by Gasteiger charge is -2.32. The summed E-state index contributed by atoms with van der Waals surface area (Å²) in [5.74, 6) is -18.8. The number of carbonyl (C=O) groups is 2. The van der Waals surface area contributed by atoms with Crippen molar-refractivity contribution >= 4 is 33.1 Å². The third kappa shape index (κ3) is 4.03. The largest absolute Gasteiger partial charge is 0.460 e. The molecule has 0 unspecified atom stereocenters. The number of benzene rings is 2. The van der Waals surface area contributed by atoms with Gasteiger partial charge in [-0.2, -0.15) is 47.9 Å². The van der Waals surface area contributed by atoms with Gasteiger partial charge in [-0.1, -0.05) is 60.7 Å². The summed E-state index contributed by atoms with van der Waals surface area (Å²) in [4.78, 5) is 25.6. The van der Waals surface area contributed by atoms with Gasteiger partial charge in [0.05, 0.1) is 11.1 Å². The average molecular weight is 547 g/mol. The predicted molar refractivity (Wildman–Crippen MR) is 102 cm³/mol. The molecule has 36 heavy (non-hydrogen) atoms. The van der Waals surface area contributed by atoms with Gasteiger partial charge in [-0.15, -0.1) is 9.35 Å². The van der Waals surface area contributed by atoms with Crippen molar-refractivity contribution in [1.29, 1.82) is 0 Å². The van der Waals surface area contributed by atoms with Crippen LogP contribution in [0.25, 0.3) is 11.1 Å². The summed E-state index contributed by atoms with van der Waals surface area (Å²) in [6.45, 7) is 0. The second-order valence-electron chi connectivity index (χ2n) is 7.08. The lowest BCUT2D eigenvalue weighted by molar-refractivity contribution is -0.383. The van der Waals surface area contributed by atoms with Crippen LogP contribution in [-0.2, 0) is 24.0 Å². The van der Waals surface area contributed by atoms with Crippen LogP contribution in [0.2, 0.25) is 0 Å². The van der Waals surface area contributed by atoms with Crippen LogP contribution in [0.1, 0.15) is 11.1 Å². The highest BCUT2D eigenvalue weighted by Crippen LogP contribution is 2.55. The molecule has 0 fully saturated rings. The van der Waals surface area contributed by atoms with Gasteiger partial charge in [0, 0.05) is 0 Å². The Kier molecular flexibility index (Phi) is 6.51. The fourth-order valence-electron chi connectivity index (χ4n) is 2.98. The number of halogens is 9. The summed E-state index contributed by atoms with van der Waals surface area (Å²) < 4.78 is 146. The molecule has 3 rings (SSSR count). The second kappa shape index (κ2) is 8.62. The van der Waals surface area contributed by atoms with E-state index in [1.54, 1.807) is 0 Å². The van der Waals surface area contributed by atoms with Crippen molar-refractivity contribution in [3.05, 3.63) is 71.8 Å². The molecule has 0 bridgehead atoms. The lowest BCUT2D eigenvalue weighted by atomic mass is 9.96. The second-order valence-corrected chi connectivity index (χ2v) is 8.65. The van der Waals surface area contributed by atoms with Crippen molar-refractivity contribution in [3.63, 3.8) is 0 Å². The molecule has 194 valence electrons. The van der Waals surface area contributed by atoms with Crippen LogP contribution in [0.15, 0.2) is 60.7 Å². The zero-order valence-corrected chi connectivity index (χ0v) is 17.9. The summed E-state index contributed by atoms with van der Waals surface area (Å²) in [6.07, 6.45) is -7.31. The quantitative estimate of drug-likeness (QED) is 0.373. The summed E-state index contributed by atoms with van der Waals surface area (Å²) in [5.41, 5.74) is -1.51. The van der Waals surface area contributed by atoms with Crippen LogP contribution in [0, 0.1) is 0 Å². The average Bonchev–Trinajstić information content (AvgIpc) is 3.03. The third-order valence-electron chi connectivity index (χ3n) is 4.77. The van der Waals surface area contributed by atoms with E-state index in [4.69, 9.17) is 0 Å². The fraction of sp³-hybridized carbons (Fsp3) is 0.200. The molecule has 0 saturated heterocycles. The van der Waals surface area contributed by atoms with E-state index >= 15 is 0 Å². The van der Waals surface area contributed by atoms with Crippen molar-refractivity contribution in [2.75, 3.05) is 0 Å². The van der Waals surface area contributed by atoms with Gasteiger partial charge in [0.2, 0.25) is 0 Å². The minimum absolute atomic E-state index is 0.0982. The Balaban J connectivity index is 2.08. The van der Waals surface area contributed by atoms with E-state index in [-0.39, 0.29) is 11.1 Å². The van der Waals surface area contributed by atoms with Crippen molar-refractivity contribution in [3.8, 4) is 0 Å².